The molecule has 0 unspecified atom stereocenters. The maximum Gasteiger partial charge on any atom is 0.237 e. The maximum atomic E-state index is 11.9. The van der Waals surface area contributed by atoms with Crippen LogP contribution in [0.1, 0.15) is 17.7 Å². The fraction of sp³-hybridized carbons (Fsp3) is 0.412. The molecule has 2 aromatic rings. The molecule has 1 amide bonds. The highest BCUT2D eigenvalue weighted by atomic mass is 35.5. The molecule has 0 bridgehead atoms. The predicted octanol–water partition coefficient (Wildman–Crippen LogP) is 2.51. The highest BCUT2D eigenvalue weighted by Crippen LogP contribution is 2.05. The van der Waals surface area contributed by atoms with E-state index in [-0.39, 0.29) is 30.7 Å². The Labute approximate surface area is 166 Å². The standard InChI is InChI=1S/C17H24N4OS.2ClH/c1-23-9-5-8-19-17(22)16(18)10-15-12-21(13-20-15)11-14-6-3-2-4-7-14;;/h2-4,6-7,12-13,16H,5,8-11,18H2,1H3,(H,19,22);2*1H/t16-;;/m0../s1. The molecule has 5 nitrogen and oxygen atoms in total. The van der Waals surface area contributed by atoms with Crippen LogP contribution in [-0.4, -0.2) is 40.1 Å². The first-order chi connectivity index (χ1) is 11.2. The number of nitrogens with two attached hydrogens (primary N) is 1. The highest BCUT2D eigenvalue weighted by Gasteiger charge is 2.15. The molecule has 0 fully saturated rings. The Morgan fingerprint density at radius 3 is 2.72 bits per heavy atom. The monoisotopic (exact) mass is 404 g/mol. The van der Waals surface area contributed by atoms with Crippen LogP contribution in [0.5, 0.6) is 0 Å². The first kappa shape index (κ1) is 23.8. The second-order valence-electron chi connectivity index (χ2n) is 5.47. The molecule has 1 atom stereocenters. The van der Waals surface area contributed by atoms with Gasteiger partial charge in [0.2, 0.25) is 5.91 Å². The number of carbonyl (C=O) groups is 1. The molecule has 1 aromatic carbocycles. The summed E-state index contributed by atoms with van der Waals surface area (Å²) in [6.07, 6.45) is 7.21. The molecule has 140 valence electrons. The molecule has 0 aliphatic carbocycles. The van der Waals surface area contributed by atoms with Crippen molar-refractivity contribution in [2.24, 2.45) is 5.73 Å². The van der Waals surface area contributed by atoms with E-state index in [0.717, 1.165) is 24.4 Å². The van der Waals surface area contributed by atoms with E-state index in [1.807, 2.05) is 29.0 Å². The summed E-state index contributed by atoms with van der Waals surface area (Å²) < 4.78 is 2.01. The first-order valence-electron chi connectivity index (χ1n) is 7.76. The van der Waals surface area contributed by atoms with Gasteiger partial charge < -0.3 is 15.6 Å². The van der Waals surface area contributed by atoms with E-state index in [2.05, 4.69) is 28.7 Å². The third kappa shape index (κ3) is 8.63. The molecular weight excluding hydrogens is 379 g/mol. The molecule has 0 saturated carbocycles. The molecule has 2 rings (SSSR count). The number of nitrogens with zero attached hydrogens (tertiary/aromatic N) is 2. The Kier molecular flexibility index (Phi) is 12.4. The lowest BCUT2D eigenvalue weighted by Gasteiger charge is -2.10. The summed E-state index contributed by atoms with van der Waals surface area (Å²) >= 11 is 1.77. The Balaban J connectivity index is 0.00000288. The zero-order chi connectivity index (χ0) is 16.5. The lowest BCUT2D eigenvalue weighted by molar-refractivity contribution is -0.122. The normalized spacial score (nSPS) is 11.1. The summed E-state index contributed by atoms with van der Waals surface area (Å²) in [5, 5.41) is 2.87. The Morgan fingerprint density at radius 1 is 1.32 bits per heavy atom. The number of amides is 1. The summed E-state index contributed by atoms with van der Waals surface area (Å²) in [6.45, 7) is 1.44. The van der Waals surface area contributed by atoms with Crippen LogP contribution < -0.4 is 11.1 Å². The smallest absolute Gasteiger partial charge is 0.237 e. The summed E-state index contributed by atoms with van der Waals surface area (Å²) in [7, 11) is 0. The topological polar surface area (TPSA) is 72.9 Å². The van der Waals surface area contributed by atoms with Gasteiger partial charge in [0.05, 0.1) is 18.1 Å². The van der Waals surface area contributed by atoms with Crippen LogP contribution in [0, 0.1) is 0 Å². The highest BCUT2D eigenvalue weighted by molar-refractivity contribution is 7.98. The average Bonchev–Trinajstić information content (AvgIpc) is 2.99. The number of hydrogen-bond donors (Lipinski definition) is 2. The number of nitrogens with one attached hydrogen (secondary N) is 1. The van der Waals surface area contributed by atoms with Gasteiger partial charge >= 0.3 is 0 Å². The second kappa shape index (κ2) is 13.1. The largest absolute Gasteiger partial charge is 0.355 e. The van der Waals surface area contributed by atoms with Crippen molar-refractivity contribution in [3.8, 4) is 0 Å². The van der Waals surface area contributed by atoms with Crippen LogP contribution in [0.15, 0.2) is 42.9 Å². The van der Waals surface area contributed by atoms with Gasteiger partial charge in [-0.2, -0.15) is 11.8 Å². The van der Waals surface area contributed by atoms with Gasteiger partial charge in [-0.05, 0) is 24.0 Å². The number of rotatable bonds is 9. The number of carbonyl (C=O) groups excluding carboxylic acids is 1. The van der Waals surface area contributed by atoms with E-state index in [4.69, 9.17) is 5.73 Å². The maximum absolute atomic E-state index is 11.9. The van der Waals surface area contributed by atoms with Crippen molar-refractivity contribution in [3.63, 3.8) is 0 Å². The SMILES string of the molecule is CSCCCNC(=O)[C@@H](N)Cc1cn(Cc2ccccc2)cn1.Cl.Cl. The number of halogens is 2. The molecule has 1 heterocycles. The fourth-order valence-electron chi connectivity index (χ4n) is 2.27. The van der Waals surface area contributed by atoms with Gasteiger partial charge in [-0.25, -0.2) is 4.98 Å². The zero-order valence-corrected chi connectivity index (χ0v) is 16.7. The summed E-state index contributed by atoms with van der Waals surface area (Å²) in [5.74, 6) is 0.933. The van der Waals surface area contributed by atoms with Gasteiger partial charge in [-0.15, -0.1) is 24.8 Å². The zero-order valence-electron chi connectivity index (χ0n) is 14.3. The van der Waals surface area contributed by atoms with E-state index in [9.17, 15) is 4.79 Å². The summed E-state index contributed by atoms with van der Waals surface area (Å²) in [6, 6.07) is 9.64. The molecule has 25 heavy (non-hydrogen) atoms. The van der Waals surface area contributed by atoms with Crippen molar-refractivity contribution in [2.45, 2.75) is 25.4 Å². The van der Waals surface area contributed by atoms with E-state index in [1.54, 1.807) is 18.1 Å². The second-order valence-corrected chi connectivity index (χ2v) is 6.46. The van der Waals surface area contributed by atoms with Crippen LogP contribution in [0.2, 0.25) is 0 Å². The van der Waals surface area contributed by atoms with Crippen LogP contribution >= 0.6 is 36.6 Å². The first-order valence-corrected chi connectivity index (χ1v) is 9.15. The molecule has 0 saturated heterocycles. The van der Waals surface area contributed by atoms with Crippen LogP contribution in [-0.2, 0) is 17.8 Å². The fourth-order valence-corrected chi connectivity index (χ4v) is 2.70. The minimum atomic E-state index is -0.552. The van der Waals surface area contributed by atoms with Crippen molar-refractivity contribution in [1.29, 1.82) is 0 Å². The Morgan fingerprint density at radius 2 is 2.04 bits per heavy atom. The van der Waals surface area contributed by atoms with Gasteiger partial charge in [0.15, 0.2) is 0 Å². The minimum Gasteiger partial charge on any atom is -0.355 e. The predicted molar refractivity (Wildman–Crippen MR) is 110 cm³/mol. The molecular formula is C17H26Cl2N4OS. The van der Waals surface area contributed by atoms with Gasteiger partial charge in [-0.3, -0.25) is 4.79 Å². The van der Waals surface area contributed by atoms with E-state index in [0.29, 0.717) is 13.0 Å². The number of aromatic nitrogens is 2. The van der Waals surface area contributed by atoms with Gasteiger partial charge in [0, 0.05) is 25.7 Å². The molecule has 0 spiro atoms. The van der Waals surface area contributed by atoms with Crippen LogP contribution in [0.3, 0.4) is 0 Å². The number of thioether (sulfide) groups is 1. The van der Waals surface area contributed by atoms with E-state index < -0.39 is 6.04 Å². The molecule has 0 aliphatic heterocycles. The van der Waals surface area contributed by atoms with Crippen LogP contribution in [0.4, 0.5) is 0 Å². The molecule has 0 aliphatic rings. The van der Waals surface area contributed by atoms with Crippen molar-refractivity contribution in [2.75, 3.05) is 18.6 Å². The Bertz CT molecular complexity index is 610. The number of imidazole rings is 1. The molecule has 8 heteroatoms. The van der Waals surface area contributed by atoms with Crippen molar-refractivity contribution in [3.05, 3.63) is 54.1 Å². The molecule has 0 radical (unpaired) electrons. The lowest BCUT2D eigenvalue weighted by Crippen LogP contribution is -2.42. The third-order valence-corrected chi connectivity index (χ3v) is 4.18. The van der Waals surface area contributed by atoms with Crippen molar-refractivity contribution < 1.29 is 4.79 Å². The quantitative estimate of drug-likeness (QED) is 0.629. The third-order valence-electron chi connectivity index (χ3n) is 3.48. The Hall–Kier alpha value is -1.21. The lowest BCUT2D eigenvalue weighted by atomic mass is 10.1. The summed E-state index contributed by atoms with van der Waals surface area (Å²) in [4.78, 5) is 16.3. The van der Waals surface area contributed by atoms with Crippen molar-refractivity contribution >= 4 is 42.5 Å². The van der Waals surface area contributed by atoms with E-state index in [1.165, 1.54) is 5.56 Å². The number of hydrogen-bond acceptors (Lipinski definition) is 4. The van der Waals surface area contributed by atoms with Crippen molar-refractivity contribution in [1.82, 2.24) is 14.9 Å². The number of benzene rings is 1. The average molecular weight is 405 g/mol. The van der Waals surface area contributed by atoms with Gasteiger partial charge in [0.1, 0.15) is 0 Å². The molecule has 1 aromatic heterocycles. The summed E-state index contributed by atoms with van der Waals surface area (Å²) in [5.41, 5.74) is 8.01. The van der Waals surface area contributed by atoms with Gasteiger partial charge in [0.25, 0.3) is 0 Å². The molecule has 3 N–H and O–H groups in total. The van der Waals surface area contributed by atoms with Gasteiger partial charge in [-0.1, -0.05) is 30.3 Å². The minimum absolute atomic E-state index is 0. The van der Waals surface area contributed by atoms with E-state index >= 15 is 0 Å². The van der Waals surface area contributed by atoms with Crippen LogP contribution in [0.25, 0.3) is 0 Å².